The van der Waals surface area contributed by atoms with E-state index in [1.165, 1.54) is 37.7 Å². The van der Waals surface area contributed by atoms with Crippen LogP contribution in [0.2, 0.25) is 0 Å². The molecule has 0 heterocycles. The number of hydrogen-bond donors (Lipinski definition) is 0. The SMILES string of the molecule is CCCCCCOc1ccc2c(c1)CC[C@H]1[C@@H]2CC[C@]2(C)C(=O)CC[C@H]12. The van der Waals surface area contributed by atoms with Crippen LogP contribution in [0, 0.1) is 17.3 Å². The summed E-state index contributed by atoms with van der Waals surface area (Å²) in [7, 11) is 0. The molecule has 2 heteroatoms. The van der Waals surface area contributed by atoms with E-state index >= 15 is 0 Å². The topological polar surface area (TPSA) is 26.3 Å². The summed E-state index contributed by atoms with van der Waals surface area (Å²) < 4.78 is 6.01. The van der Waals surface area contributed by atoms with Gasteiger partial charge in [-0.3, -0.25) is 4.79 Å². The highest BCUT2D eigenvalue weighted by Gasteiger charge is 2.54. The molecule has 3 aliphatic carbocycles. The molecule has 1 aromatic rings. The first-order chi connectivity index (χ1) is 12.6. The van der Waals surface area contributed by atoms with E-state index in [4.69, 9.17) is 4.74 Å². The molecule has 0 N–H and O–H groups in total. The summed E-state index contributed by atoms with van der Waals surface area (Å²) >= 11 is 0. The zero-order chi connectivity index (χ0) is 18.1. The van der Waals surface area contributed by atoms with Gasteiger partial charge in [-0.15, -0.1) is 0 Å². The van der Waals surface area contributed by atoms with Crippen LogP contribution in [-0.4, -0.2) is 12.4 Å². The fraction of sp³-hybridized carbons (Fsp3) is 0.708. The van der Waals surface area contributed by atoms with Gasteiger partial charge in [0.05, 0.1) is 6.61 Å². The van der Waals surface area contributed by atoms with Crippen molar-refractivity contribution in [2.75, 3.05) is 6.61 Å². The number of hydrogen-bond acceptors (Lipinski definition) is 2. The number of benzene rings is 1. The quantitative estimate of drug-likeness (QED) is 0.579. The van der Waals surface area contributed by atoms with Gasteiger partial charge in [0.25, 0.3) is 0 Å². The molecule has 2 nitrogen and oxygen atoms in total. The Bertz CT molecular complexity index is 664. The maximum absolute atomic E-state index is 12.4. The number of ketones is 1. The maximum Gasteiger partial charge on any atom is 0.139 e. The first kappa shape index (κ1) is 18.1. The molecule has 26 heavy (non-hydrogen) atoms. The molecule has 0 radical (unpaired) electrons. The lowest BCUT2D eigenvalue weighted by Crippen LogP contribution is -2.42. The zero-order valence-corrected chi connectivity index (χ0v) is 16.6. The van der Waals surface area contributed by atoms with E-state index < -0.39 is 0 Å². The average Bonchev–Trinajstić information content (AvgIpc) is 2.96. The third kappa shape index (κ3) is 3.10. The van der Waals surface area contributed by atoms with Gasteiger partial charge in [0.2, 0.25) is 0 Å². The van der Waals surface area contributed by atoms with E-state index in [1.807, 2.05) is 0 Å². The molecular weight excluding hydrogens is 320 g/mol. The highest BCUT2D eigenvalue weighted by atomic mass is 16.5. The molecule has 2 saturated carbocycles. The number of Topliss-reactive ketones (excluding diaryl/α,β-unsaturated/α-hetero) is 1. The van der Waals surface area contributed by atoms with Crippen molar-refractivity contribution < 1.29 is 9.53 Å². The second-order valence-electron chi connectivity index (χ2n) is 9.10. The number of rotatable bonds is 6. The van der Waals surface area contributed by atoms with Crippen molar-refractivity contribution >= 4 is 5.78 Å². The van der Waals surface area contributed by atoms with Crippen molar-refractivity contribution in [2.45, 2.75) is 84.0 Å². The Kier molecular flexibility index (Phi) is 5.12. The van der Waals surface area contributed by atoms with Gasteiger partial charge in [0.15, 0.2) is 0 Å². The Labute approximate surface area is 158 Å². The van der Waals surface area contributed by atoms with Crippen LogP contribution in [0.4, 0.5) is 0 Å². The molecule has 3 aliphatic rings. The molecule has 0 bridgehead atoms. The number of fused-ring (bicyclic) bond motifs is 5. The number of aryl methyl sites for hydroxylation is 1. The highest BCUT2D eigenvalue weighted by molar-refractivity contribution is 5.87. The predicted molar refractivity (Wildman–Crippen MR) is 106 cm³/mol. The molecule has 4 rings (SSSR count). The summed E-state index contributed by atoms with van der Waals surface area (Å²) in [5.74, 6) is 3.60. The highest BCUT2D eigenvalue weighted by Crippen LogP contribution is 2.59. The van der Waals surface area contributed by atoms with Gasteiger partial charge in [-0.05, 0) is 79.5 Å². The summed E-state index contributed by atoms with van der Waals surface area (Å²) in [4.78, 5) is 12.4. The summed E-state index contributed by atoms with van der Waals surface area (Å²) in [6, 6.07) is 6.83. The van der Waals surface area contributed by atoms with E-state index in [2.05, 4.69) is 32.0 Å². The Hall–Kier alpha value is -1.31. The molecule has 0 amide bonds. The van der Waals surface area contributed by atoms with Crippen LogP contribution in [0.25, 0.3) is 0 Å². The molecule has 0 saturated heterocycles. The minimum Gasteiger partial charge on any atom is -0.494 e. The van der Waals surface area contributed by atoms with Gasteiger partial charge in [-0.25, -0.2) is 0 Å². The minimum atomic E-state index is -0.0137. The summed E-state index contributed by atoms with van der Waals surface area (Å²) in [6.07, 6.45) is 11.6. The predicted octanol–water partition coefficient (Wildman–Crippen LogP) is 6.07. The maximum atomic E-state index is 12.4. The van der Waals surface area contributed by atoms with Crippen molar-refractivity contribution in [3.05, 3.63) is 29.3 Å². The van der Waals surface area contributed by atoms with Gasteiger partial charge in [0.1, 0.15) is 11.5 Å². The molecule has 1 aromatic carbocycles. The Morgan fingerprint density at radius 2 is 2.00 bits per heavy atom. The summed E-state index contributed by atoms with van der Waals surface area (Å²) in [6.45, 7) is 5.34. The second-order valence-corrected chi connectivity index (χ2v) is 9.10. The number of unbranched alkanes of at least 4 members (excludes halogenated alkanes) is 3. The van der Waals surface area contributed by atoms with Gasteiger partial charge < -0.3 is 4.74 Å². The fourth-order valence-electron chi connectivity index (χ4n) is 6.14. The van der Waals surface area contributed by atoms with Crippen LogP contribution in [-0.2, 0) is 11.2 Å². The number of carbonyl (C=O) groups excluding carboxylic acids is 1. The lowest BCUT2D eigenvalue weighted by atomic mass is 9.55. The summed E-state index contributed by atoms with van der Waals surface area (Å²) in [5.41, 5.74) is 3.05. The first-order valence-electron chi connectivity index (χ1n) is 10.9. The van der Waals surface area contributed by atoms with Crippen molar-refractivity contribution in [2.24, 2.45) is 17.3 Å². The Morgan fingerprint density at radius 3 is 2.85 bits per heavy atom. The van der Waals surface area contributed by atoms with Crippen LogP contribution in [0.5, 0.6) is 5.75 Å². The third-order valence-electron chi connectivity index (χ3n) is 7.67. The van der Waals surface area contributed by atoms with E-state index in [1.54, 1.807) is 5.56 Å². The minimum absolute atomic E-state index is 0.0137. The normalized spacial score (nSPS) is 32.7. The van der Waals surface area contributed by atoms with Crippen LogP contribution < -0.4 is 4.74 Å². The third-order valence-corrected chi connectivity index (χ3v) is 7.67. The van der Waals surface area contributed by atoms with Crippen molar-refractivity contribution in [3.63, 3.8) is 0 Å². The fourth-order valence-corrected chi connectivity index (χ4v) is 6.14. The van der Waals surface area contributed by atoms with Crippen molar-refractivity contribution in [1.82, 2.24) is 0 Å². The Morgan fingerprint density at radius 1 is 1.12 bits per heavy atom. The lowest BCUT2D eigenvalue weighted by Gasteiger charge is -2.48. The molecule has 2 fully saturated rings. The van der Waals surface area contributed by atoms with Gasteiger partial charge >= 0.3 is 0 Å². The van der Waals surface area contributed by atoms with Crippen molar-refractivity contribution in [3.8, 4) is 5.75 Å². The molecule has 0 aliphatic heterocycles. The van der Waals surface area contributed by atoms with E-state index in [0.29, 0.717) is 23.5 Å². The van der Waals surface area contributed by atoms with Crippen LogP contribution in [0.15, 0.2) is 18.2 Å². The zero-order valence-electron chi connectivity index (χ0n) is 16.6. The lowest BCUT2D eigenvalue weighted by molar-refractivity contribution is -0.129. The van der Waals surface area contributed by atoms with Gasteiger partial charge in [-0.1, -0.05) is 39.2 Å². The largest absolute Gasteiger partial charge is 0.494 e. The van der Waals surface area contributed by atoms with Crippen molar-refractivity contribution in [1.29, 1.82) is 0 Å². The summed E-state index contributed by atoms with van der Waals surface area (Å²) in [5, 5.41) is 0. The van der Waals surface area contributed by atoms with Crippen LogP contribution >= 0.6 is 0 Å². The molecule has 0 aromatic heterocycles. The smallest absolute Gasteiger partial charge is 0.139 e. The molecular formula is C24H34O2. The van der Waals surface area contributed by atoms with Crippen LogP contribution in [0.1, 0.15) is 88.7 Å². The first-order valence-corrected chi connectivity index (χ1v) is 10.9. The van der Waals surface area contributed by atoms with Crippen LogP contribution in [0.3, 0.4) is 0 Å². The monoisotopic (exact) mass is 354 g/mol. The Balaban J connectivity index is 1.45. The average molecular weight is 355 g/mol. The molecule has 0 spiro atoms. The van der Waals surface area contributed by atoms with E-state index in [9.17, 15) is 4.79 Å². The molecule has 142 valence electrons. The number of ether oxygens (including phenoxy) is 1. The van der Waals surface area contributed by atoms with E-state index in [0.717, 1.165) is 44.5 Å². The standard InChI is InChI=1S/C24H34O2/c1-3-4-5-6-15-26-18-8-10-19-17(16-18)7-9-21-20(19)13-14-24(2)22(21)11-12-23(24)25/h8,10,16,20-22H,3-7,9,11-15H2,1-2H3/t20-,21+,22-,24+/m1/s1. The van der Waals surface area contributed by atoms with E-state index in [-0.39, 0.29) is 5.41 Å². The van der Waals surface area contributed by atoms with Gasteiger partial charge in [0, 0.05) is 11.8 Å². The van der Waals surface area contributed by atoms with Gasteiger partial charge in [-0.2, -0.15) is 0 Å². The molecule has 4 atom stereocenters. The number of carbonyl (C=O) groups is 1. The second kappa shape index (κ2) is 7.37. The molecule has 0 unspecified atom stereocenters.